The van der Waals surface area contributed by atoms with E-state index in [2.05, 4.69) is 0 Å². The van der Waals surface area contributed by atoms with Crippen LogP contribution in [-0.4, -0.2) is 29.8 Å². The minimum absolute atomic E-state index is 0.0650. The molecule has 0 unspecified atom stereocenters. The van der Waals surface area contributed by atoms with E-state index in [0.29, 0.717) is 13.1 Å². The van der Waals surface area contributed by atoms with E-state index in [-0.39, 0.29) is 22.2 Å². The third-order valence-corrected chi connectivity index (χ3v) is 5.04. The second kappa shape index (κ2) is 9.41. The molecule has 0 aliphatic rings. The van der Waals surface area contributed by atoms with E-state index in [1.807, 2.05) is 73.6 Å². The van der Waals surface area contributed by atoms with Gasteiger partial charge in [-0.3, -0.25) is 14.9 Å². The van der Waals surface area contributed by atoms with Gasteiger partial charge in [-0.1, -0.05) is 54.1 Å². The summed E-state index contributed by atoms with van der Waals surface area (Å²) in [6, 6.07) is 21.5. The molecule has 0 spiro atoms. The van der Waals surface area contributed by atoms with Crippen molar-refractivity contribution in [3.05, 3.63) is 105 Å². The van der Waals surface area contributed by atoms with Crippen molar-refractivity contribution in [2.45, 2.75) is 13.1 Å². The Kier molecular flexibility index (Phi) is 6.69. The summed E-state index contributed by atoms with van der Waals surface area (Å²) < 4.78 is 0. The molecule has 0 bridgehead atoms. The van der Waals surface area contributed by atoms with Crippen molar-refractivity contribution < 1.29 is 9.72 Å². The Labute approximate surface area is 180 Å². The van der Waals surface area contributed by atoms with Crippen LogP contribution < -0.4 is 4.90 Å². The number of carbonyl (C=O) groups excluding carboxylic acids is 1. The number of nitrogens with zero attached hydrogens (tertiary/aromatic N) is 3. The summed E-state index contributed by atoms with van der Waals surface area (Å²) in [5.74, 6) is -0.282. The van der Waals surface area contributed by atoms with Crippen molar-refractivity contribution in [1.29, 1.82) is 0 Å². The molecule has 0 N–H and O–H groups in total. The standard InChI is InChI=1S/C23H22ClN3O3/c1-25(2)19-10-8-18(9-11-19)16-26(15-17-6-4-3-5-7-17)23(28)21-13-12-20(27(29)30)14-22(21)24/h3-14H,15-16H2,1-2H3. The Balaban J connectivity index is 1.90. The van der Waals surface area contributed by atoms with Crippen LogP contribution in [0.2, 0.25) is 5.02 Å². The van der Waals surface area contributed by atoms with Crippen molar-refractivity contribution >= 4 is 28.9 Å². The molecule has 0 aliphatic heterocycles. The van der Waals surface area contributed by atoms with Crippen LogP contribution in [0.15, 0.2) is 72.8 Å². The molecule has 6 nitrogen and oxygen atoms in total. The molecule has 3 rings (SSSR count). The van der Waals surface area contributed by atoms with Crippen LogP contribution in [0.5, 0.6) is 0 Å². The Hall–Kier alpha value is -3.38. The molecule has 3 aromatic carbocycles. The van der Waals surface area contributed by atoms with Gasteiger partial charge in [0.1, 0.15) is 0 Å². The van der Waals surface area contributed by atoms with E-state index < -0.39 is 4.92 Å². The molecule has 0 saturated heterocycles. The number of nitro groups is 1. The molecular weight excluding hydrogens is 402 g/mol. The Morgan fingerprint density at radius 2 is 1.53 bits per heavy atom. The van der Waals surface area contributed by atoms with E-state index >= 15 is 0 Å². The van der Waals surface area contributed by atoms with Crippen LogP contribution in [0, 0.1) is 10.1 Å². The van der Waals surface area contributed by atoms with Crippen molar-refractivity contribution in [3.8, 4) is 0 Å². The number of carbonyl (C=O) groups is 1. The van der Waals surface area contributed by atoms with Gasteiger partial charge >= 0.3 is 0 Å². The van der Waals surface area contributed by atoms with Crippen molar-refractivity contribution in [1.82, 2.24) is 4.90 Å². The molecular formula is C23H22ClN3O3. The third-order valence-electron chi connectivity index (χ3n) is 4.72. The maximum absolute atomic E-state index is 13.3. The second-order valence-electron chi connectivity index (χ2n) is 7.13. The summed E-state index contributed by atoms with van der Waals surface area (Å²) in [7, 11) is 3.94. The molecule has 0 heterocycles. The molecule has 30 heavy (non-hydrogen) atoms. The summed E-state index contributed by atoms with van der Waals surface area (Å²) in [6.07, 6.45) is 0. The first-order valence-corrected chi connectivity index (χ1v) is 9.76. The van der Waals surface area contributed by atoms with Crippen LogP contribution in [0.4, 0.5) is 11.4 Å². The Bertz CT molecular complexity index is 1040. The van der Waals surface area contributed by atoms with Crippen LogP contribution >= 0.6 is 11.6 Å². The molecule has 0 aromatic heterocycles. The first kappa shape index (κ1) is 21.3. The van der Waals surface area contributed by atoms with Gasteiger partial charge in [-0.15, -0.1) is 0 Å². The monoisotopic (exact) mass is 423 g/mol. The highest BCUT2D eigenvalue weighted by atomic mass is 35.5. The second-order valence-corrected chi connectivity index (χ2v) is 7.54. The summed E-state index contributed by atoms with van der Waals surface area (Å²) in [4.78, 5) is 27.4. The molecule has 1 amide bonds. The number of anilines is 1. The highest BCUT2D eigenvalue weighted by molar-refractivity contribution is 6.34. The van der Waals surface area contributed by atoms with Gasteiger partial charge in [-0.2, -0.15) is 0 Å². The number of non-ortho nitro benzene ring substituents is 1. The minimum Gasteiger partial charge on any atom is -0.378 e. The zero-order valence-corrected chi connectivity index (χ0v) is 17.5. The maximum Gasteiger partial charge on any atom is 0.270 e. The van der Waals surface area contributed by atoms with Crippen molar-refractivity contribution in [2.24, 2.45) is 0 Å². The van der Waals surface area contributed by atoms with Gasteiger partial charge in [-0.25, -0.2) is 0 Å². The summed E-state index contributed by atoms with van der Waals surface area (Å²) >= 11 is 6.22. The van der Waals surface area contributed by atoms with Gasteiger partial charge in [0, 0.05) is 45.0 Å². The fourth-order valence-electron chi connectivity index (χ4n) is 3.08. The number of amides is 1. The first-order chi connectivity index (χ1) is 14.3. The predicted octanol–water partition coefficient (Wildman–Crippen LogP) is 5.16. The number of hydrogen-bond donors (Lipinski definition) is 0. The van der Waals surface area contributed by atoms with Crippen LogP contribution in [-0.2, 0) is 13.1 Å². The van der Waals surface area contributed by atoms with E-state index in [9.17, 15) is 14.9 Å². The van der Waals surface area contributed by atoms with Crippen molar-refractivity contribution in [3.63, 3.8) is 0 Å². The fourth-order valence-corrected chi connectivity index (χ4v) is 3.34. The summed E-state index contributed by atoms with van der Waals surface area (Å²) in [5.41, 5.74) is 3.11. The molecule has 3 aromatic rings. The summed E-state index contributed by atoms with van der Waals surface area (Å²) in [5, 5.41) is 11.0. The number of hydrogen-bond acceptors (Lipinski definition) is 4. The van der Waals surface area contributed by atoms with Crippen LogP contribution in [0.25, 0.3) is 0 Å². The van der Waals surface area contributed by atoms with Gasteiger partial charge in [0.05, 0.1) is 15.5 Å². The van der Waals surface area contributed by atoms with Crippen LogP contribution in [0.1, 0.15) is 21.5 Å². The largest absolute Gasteiger partial charge is 0.378 e. The minimum atomic E-state index is -0.534. The van der Waals surface area contributed by atoms with Gasteiger partial charge in [-0.05, 0) is 29.3 Å². The number of rotatable bonds is 7. The first-order valence-electron chi connectivity index (χ1n) is 9.38. The molecule has 0 radical (unpaired) electrons. The highest BCUT2D eigenvalue weighted by Crippen LogP contribution is 2.25. The molecule has 0 fully saturated rings. The zero-order valence-electron chi connectivity index (χ0n) is 16.8. The quantitative estimate of drug-likeness (QED) is 0.389. The molecule has 0 atom stereocenters. The van der Waals surface area contributed by atoms with E-state index in [1.54, 1.807) is 4.90 Å². The topological polar surface area (TPSA) is 66.7 Å². The molecule has 7 heteroatoms. The highest BCUT2D eigenvalue weighted by Gasteiger charge is 2.21. The lowest BCUT2D eigenvalue weighted by Gasteiger charge is -2.24. The average Bonchev–Trinajstić information content (AvgIpc) is 2.73. The normalized spacial score (nSPS) is 10.5. The maximum atomic E-state index is 13.3. The fraction of sp³-hybridized carbons (Fsp3) is 0.174. The third kappa shape index (κ3) is 5.15. The SMILES string of the molecule is CN(C)c1ccc(CN(Cc2ccccc2)C(=O)c2ccc([N+](=O)[O-])cc2Cl)cc1. The lowest BCUT2D eigenvalue weighted by molar-refractivity contribution is -0.384. The number of halogens is 1. The Morgan fingerprint density at radius 1 is 0.933 bits per heavy atom. The summed E-state index contributed by atoms with van der Waals surface area (Å²) in [6.45, 7) is 0.775. The smallest absolute Gasteiger partial charge is 0.270 e. The van der Waals surface area contributed by atoms with Gasteiger partial charge in [0.15, 0.2) is 0 Å². The predicted molar refractivity (Wildman–Crippen MR) is 119 cm³/mol. The van der Waals surface area contributed by atoms with Gasteiger partial charge in [0.2, 0.25) is 0 Å². The van der Waals surface area contributed by atoms with Gasteiger partial charge < -0.3 is 9.80 Å². The van der Waals surface area contributed by atoms with Gasteiger partial charge in [0.25, 0.3) is 11.6 Å². The van der Waals surface area contributed by atoms with Crippen molar-refractivity contribution in [2.75, 3.05) is 19.0 Å². The lowest BCUT2D eigenvalue weighted by Crippen LogP contribution is -2.30. The number of benzene rings is 3. The lowest BCUT2D eigenvalue weighted by atomic mass is 10.1. The molecule has 154 valence electrons. The average molecular weight is 424 g/mol. The molecule has 0 aliphatic carbocycles. The van der Waals surface area contributed by atoms with Crippen LogP contribution in [0.3, 0.4) is 0 Å². The number of nitro benzene ring substituents is 1. The van der Waals surface area contributed by atoms with E-state index in [0.717, 1.165) is 16.8 Å². The van der Waals surface area contributed by atoms with E-state index in [4.69, 9.17) is 11.6 Å². The van der Waals surface area contributed by atoms with E-state index in [1.165, 1.54) is 18.2 Å². The Morgan fingerprint density at radius 3 is 2.07 bits per heavy atom. The molecule has 0 saturated carbocycles. The zero-order chi connectivity index (χ0) is 21.7.